The molecule has 0 radical (unpaired) electrons. The van der Waals surface area contributed by atoms with Crippen molar-refractivity contribution in [3.63, 3.8) is 0 Å². The first-order chi connectivity index (χ1) is 17.8. The molecule has 186 valence electrons. The van der Waals surface area contributed by atoms with Crippen molar-refractivity contribution in [2.45, 2.75) is 13.0 Å². The van der Waals surface area contributed by atoms with Crippen LogP contribution in [-0.4, -0.2) is 28.7 Å². The monoisotopic (exact) mass is 534 g/mol. The van der Waals surface area contributed by atoms with E-state index in [2.05, 4.69) is 4.99 Å². The Morgan fingerprint density at radius 1 is 1.16 bits per heavy atom. The first-order valence-electron chi connectivity index (χ1n) is 11.1. The second kappa shape index (κ2) is 9.68. The molecule has 1 aliphatic rings. The lowest BCUT2D eigenvalue weighted by Crippen LogP contribution is -2.39. The van der Waals surface area contributed by atoms with Crippen LogP contribution in [0.5, 0.6) is 0 Å². The molecule has 0 bridgehead atoms. The number of esters is 1. The zero-order valence-corrected chi connectivity index (χ0v) is 21.2. The normalized spacial score (nSPS) is 15.3. The number of allylic oxidation sites excluding steroid dienone is 1. The highest BCUT2D eigenvalue weighted by atomic mass is 35.5. The van der Waals surface area contributed by atoms with Gasteiger partial charge in [-0.3, -0.25) is 9.36 Å². The minimum absolute atomic E-state index is 0.0388. The van der Waals surface area contributed by atoms with Gasteiger partial charge in [0.1, 0.15) is 11.5 Å². The number of benzene rings is 2. The highest BCUT2D eigenvalue weighted by Gasteiger charge is 2.32. The lowest BCUT2D eigenvalue weighted by molar-refractivity contribution is -0.136. The van der Waals surface area contributed by atoms with Gasteiger partial charge in [-0.15, -0.1) is 0 Å². The number of nitrogens with zero attached hydrogens (tertiary/aromatic N) is 2. The molecule has 2 aromatic carbocycles. The fourth-order valence-electron chi connectivity index (χ4n) is 4.20. The molecule has 8 nitrogen and oxygen atoms in total. The van der Waals surface area contributed by atoms with Gasteiger partial charge in [0, 0.05) is 11.6 Å². The Morgan fingerprint density at radius 3 is 2.62 bits per heavy atom. The Hall–Kier alpha value is -4.21. The first kappa shape index (κ1) is 24.5. The van der Waals surface area contributed by atoms with Crippen molar-refractivity contribution in [3.05, 3.63) is 114 Å². The van der Waals surface area contributed by atoms with E-state index in [0.29, 0.717) is 37.7 Å². The van der Waals surface area contributed by atoms with E-state index < -0.39 is 18.0 Å². The van der Waals surface area contributed by atoms with E-state index in [9.17, 15) is 19.5 Å². The zero-order chi connectivity index (χ0) is 26.3. The van der Waals surface area contributed by atoms with Crippen LogP contribution in [0.15, 0.2) is 86.1 Å². The predicted molar refractivity (Wildman–Crippen MR) is 138 cm³/mol. The SMILES string of the molecule is COC(=O)C1=C(C)N=c2s/c(=C\c3ccc(-c4ccc(Cl)c(C(=O)O)c4)o3)c(=O)n2[C@@H]1c1ccccc1. The number of rotatable bonds is 5. The summed E-state index contributed by atoms with van der Waals surface area (Å²) >= 11 is 7.15. The van der Waals surface area contributed by atoms with Crippen molar-refractivity contribution in [2.24, 2.45) is 4.99 Å². The molecule has 37 heavy (non-hydrogen) atoms. The van der Waals surface area contributed by atoms with Gasteiger partial charge in [0.15, 0.2) is 4.80 Å². The van der Waals surface area contributed by atoms with Crippen LogP contribution >= 0.6 is 22.9 Å². The first-order valence-corrected chi connectivity index (χ1v) is 12.3. The van der Waals surface area contributed by atoms with Crippen LogP contribution in [0.4, 0.5) is 0 Å². The number of thiazole rings is 1. The topological polar surface area (TPSA) is 111 Å². The molecule has 0 fully saturated rings. The second-order valence-corrected chi connectivity index (χ2v) is 9.60. The Kier molecular flexibility index (Phi) is 6.41. The van der Waals surface area contributed by atoms with Gasteiger partial charge in [0.25, 0.3) is 5.56 Å². The Bertz CT molecular complexity index is 1760. The summed E-state index contributed by atoms with van der Waals surface area (Å²) in [5, 5.41) is 9.46. The summed E-state index contributed by atoms with van der Waals surface area (Å²) in [5.74, 6) is -0.880. The molecular formula is C27H19ClN2O6S. The highest BCUT2D eigenvalue weighted by Crippen LogP contribution is 2.30. The van der Waals surface area contributed by atoms with E-state index in [4.69, 9.17) is 20.8 Å². The third kappa shape index (κ3) is 4.43. The molecule has 0 unspecified atom stereocenters. The van der Waals surface area contributed by atoms with Crippen molar-refractivity contribution < 1.29 is 23.8 Å². The van der Waals surface area contributed by atoms with Gasteiger partial charge in [-0.2, -0.15) is 0 Å². The standard InChI is InChI=1S/C27H19ClN2O6S/c1-14-22(26(34)35-2)23(15-6-4-3-5-7-15)30-24(31)21(37-27(30)29-14)13-17-9-11-20(36-17)16-8-10-19(28)18(12-16)25(32)33/h3-13,23H,1-2H3,(H,32,33)/b21-13-/t23-/m1/s1. The van der Waals surface area contributed by atoms with Crippen LogP contribution in [-0.2, 0) is 9.53 Å². The number of aromatic carboxylic acids is 1. The number of hydrogen-bond acceptors (Lipinski definition) is 7. The number of aromatic nitrogens is 1. The molecule has 4 aromatic rings. The van der Waals surface area contributed by atoms with Crippen molar-refractivity contribution >= 4 is 41.0 Å². The molecule has 1 atom stereocenters. The van der Waals surface area contributed by atoms with Crippen molar-refractivity contribution in [1.82, 2.24) is 4.57 Å². The average molecular weight is 535 g/mol. The van der Waals surface area contributed by atoms with Gasteiger partial charge in [-0.25, -0.2) is 14.6 Å². The third-order valence-corrected chi connectivity index (χ3v) is 7.24. The van der Waals surface area contributed by atoms with Gasteiger partial charge in [0.2, 0.25) is 0 Å². The Balaban J connectivity index is 1.61. The number of methoxy groups -OCH3 is 1. The van der Waals surface area contributed by atoms with Crippen LogP contribution in [0.3, 0.4) is 0 Å². The van der Waals surface area contributed by atoms with Crippen LogP contribution in [0.25, 0.3) is 17.4 Å². The zero-order valence-electron chi connectivity index (χ0n) is 19.6. The molecule has 0 spiro atoms. The van der Waals surface area contributed by atoms with Crippen molar-refractivity contribution in [3.8, 4) is 11.3 Å². The lowest BCUT2D eigenvalue weighted by atomic mass is 9.96. The molecule has 2 aromatic heterocycles. The number of ether oxygens (including phenoxy) is 1. The molecule has 0 saturated carbocycles. The molecule has 5 rings (SSSR count). The molecular weight excluding hydrogens is 516 g/mol. The summed E-state index contributed by atoms with van der Waals surface area (Å²) in [4.78, 5) is 42.7. The van der Waals surface area contributed by atoms with Gasteiger partial charge in [0.05, 0.1) is 39.5 Å². The minimum atomic E-state index is -1.14. The summed E-state index contributed by atoms with van der Waals surface area (Å²) in [6.45, 7) is 1.72. The average Bonchev–Trinajstić information content (AvgIpc) is 3.48. The van der Waals surface area contributed by atoms with E-state index in [0.717, 1.165) is 5.56 Å². The maximum Gasteiger partial charge on any atom is 0.338 e. The number of carboxylic acid groups (broad SMARTS) is 1. The number of carboxylic acids is 1. The number of halogens is 1. The quantitative estimate of drug-likeness (QED) is 0.387. The summed E-state index contributed by atoms with van der Waals surface area (Å²) in [5.41, 5.74) is 1.69. The minimum Gasteiger partial charge on any atom is -0.478 e. The summed E-state index contributed by atoms with van der Waals surface area (Å²) < 4.78 is 12.8. The van der Waals surface area contributed by atoms with E-state index in [-0.39, 0.29) is 16.1 Å². The third-order valence-electron chi connectivity index (χ3n) is 5.92. The number of hydrogen-bond donors (Lipinski definition) is 1. The van der Waals surface area contributed by atoms with E-state index in [1.807, 2.05) is 30.3 Å². The van der Waals surface area contributed by atoms with Crippen molar-refractivity contribution in [2.75, 3.05) is 7.11 Å². The maximum absolute atomic E-state index is 13.6. The van der Waals surface area contributed by atoms with E-state index in [1.54, 1.807) is 31.2 Å². The van der Waals surface area contributed by atoms with E-state index in [1.165, 1.54) is 35.1 Å². The van der Waals surface area contributed by atoms with Gasteiger partial charge >= 0.3 is 11.9 Å². The number of furan rings is 1. The summed E-state index contributed by atoms with van der Waals surface area (Å²) in [6.07, 6.45) is 1.60. The number of carbonyl (C=O) groups is 2. The second-order valence-electron chi connectivity index (χ2n) is 8.19. The van der Waals surface area contributed by atoms with Crippen LogP contribution in [0.1, 0.15) is 34.6 Å². The van der Waals surface area contributed by atoms with Gasteiger partial charge in [-0.05, 0) is 42.8 Å². The molecule has 10 heteroatoms. The smallest absolute Gasteiger partial charge is 0.338 e. The predicted octanol–water partition coefficient (Wildman–Crippen LogP) is 4.02. The number of fused-ring (bicyclic) bond motifs is 1. The van der Waals surface area contributed by atoms with Crippen LogP contribution in [0, 0.1) is 0 Å². The highest BCUT2D eigenvalue weighted by molar-refractivity contribution is 7.07. The fraction of sp³-hybridized carbons (Fsp3) is 0.111. The van der Waals surface area contributed by atoms with Crippen molar-refractivity contribution in [1.29, 1.82) is 0 Å². The van der Waals surface area contributed by atoms with E-state index >= 15 is 0 Å². The molecule has 0 saturated heterocycles. The molecule has 0 aliphatic carbocycles. The largest absolute Gasteiger partial charge is 0.478 e. The number of carbonyl (C=O) groups excluding carboxylic acids is 1. The van der Waals surface area contributed by atoms with Gasteiger partial charge < -0.3 is 14.3 Å². The Morgan fingerprint density at radius 2 is 1.92 bits per heavy atom. The van der Waals surface area contributed by atoms with Crippen LogP contribution < -0.4 is 14.9 Å². The molecule has 3 heterocycles. The van der Waals surface area contributed by atoms with Crippen LogP contribution in [0.2, 0.25) is 5.02 Å². The lowest BCUT2D eigenvalue weighted by Gasteiger charge is -2.24. The molecule has 0 amide bonds. The Labute approximate surface area is 219 Å². The maximum atomic E-state index is 13.6. The van der Waals surface area contributed by atoms with Gasteiger partial charge in [-0.1, -0.05) is 53.3 Å². The summed E-state index contributed by atoms with van der Waals surface area (Å²) in [6, 6.07) is 16.5. The molecule has 1 aliphatic heterocycles. The molecule has 1 N–H and O–H groups in total. The summed E-state index contributed by atoms with van der Waals surface area (Å²) in [7, 11) is 1.30. The fourth-order valence-corrected chi connectivity index (χ4v) is 5.43.